The predicted octanol–water partition coefficient (Wildman–Crippen LogP) is 4.22. The lowest BCUT2D eigenvalue weighted by atomic mass is 10.1. The Bertz CT molecular complexity index is 754. The molecule has 22 heavy (non-hydrogen) atoms. The highest BCUT2D eigenvalue weighted by molar-refractivity contribution is 7.17. The van der Waals surface area contributed by atoms with Gasteiger partial charge < -0.3 is 9.64 Å². The Morgan fingerprint density at radius 3 is 2.59 bits per heavy atom. The Balaban J connectivity index is 0.00000144. The van der Waals surface area contributed by atoms with E-state index in [0.717, 1.165) is 37.5 Å². The number of nitrogens with zero attached hydrogens (tertiary/aromatic N) is 2. The van der Waals surface area contributed by atoms with Gasteiger partial charge >= 0.3 is 0 Å². The van der Waals surface area contributed by atoms with E-state index in [9.17, 15) is 0 Å². The first kappa shape index (κ1) is 15.3. The van der Waals surface area contributed by atoms with Crippen molar-refractivity contribution in [3.05, 3.63) is 47.8 Å². The fraction of sp³-hybridized carbons (Fsp3) is 0.235. The molecule has 1 aliphatic heterocycles. The molecule has 0 spiro atoms. The van der Waals surface area contributed by atoms with Crippen LogP contribution in [0.5, 0.6) is 0 Å². The van der Waals surface area contributed by atoms with E-state index in [1.807, 2.05) is 6.07 Å². The molecule has 2 aromatic heterocycles. The zero-order valence-electron chi connectivity index (χ0n) is 12.1. The lowest BCUT2D eigenvalue weighted by molar-refractivity contribution is 0.123. The Labute approximate surface area is 140 Å². The minimum atomic E-state index is 0. The molecule has 0 amide bonds. The van der Waals surface area contributed by atoms with E-state index in [4.69, 9.17) is 9.72 Å². The number of fused-ring (bicyclic) bond motifs is 1. The van der Waals surface area contributed by atoms with Gasteiger partial charge in [0.2, 0.25) is 0 Å². The number of anilines is 1. The molecule has 0 N–H and O–H groups in total. The number of benzene rings is 1. The first-order valence-electron chi connectivity index (χ1n) is 7.18. The first-order chi connectivity index (χ1) is 10.4. The summed E-state index contributed by atoms with van der Waals surface area (Å²) in [7, 11) is 0. The molecule has 0 bridgehead atoms. The Hall–Kier alpha value is -1.62. The zero-order valence-corrected chi connectivity index (χ0v) is 13.7. The topological polar surface area (TPSA) is 25.4 Å². The van der Waals surface area contributed by atoms with Crippen LogP contribution in [0, 0.1) is 0 Å². The van der Waals surface area contributed by atoms with E-state index in [0.29, 0.717) is 0 Å². The fourth-order valence-corrected chi connectivity index (χ4v) is 3.61. The second-order valence-electron chi connectivity index (χ2n) is 5.13. The molecule has 3 nitrogen and oxygen atoms in total. The highest BCUT2D eigenvalue weighted by Gasteiger charge is 2.17. The highest BCUT2D eigenvalue weighted by atomic mass is 35.5. The Morgan fingerprint density at radius 1 is 1.05 bits per heavy atom. The molecule has 0 unspecified atom stereocenters. The van der Waals surface area contributed by atoms with Crippen LogP contribution in [0.3, 0.4) is 0 Å². The standard InChI is InChI=1S/C17H16N2OS.ClH/c1-2-4-13(5-3-1)15-12-16(19-7-9-20-10-8-19)17-14(18-15)6-11-21-17;/h1-6,11-12H,7-10H2;1H. The maximum absolute atomic E-state index is 5.48. The number of aromatic nitrogens is 1. The molecule has 0 saturated carbocycles. The molecule has 1 aliphatic rings. The van der Waals surface area contributed by atoms with Gasteiger partial charge in [-0.15, -0.1) is 23.7 Å². The molecule has 5 heteroatoms. The van der Waals surface area contributed by atoms with Crippen LogP contribution in [-0.4, -0.2) is 31.3 Å². The average Bonchev–Trinajstić information content (AvgIpc) is 3.04. The number of thiophene rings is 1. The van der Waals surface area contributed by atoms with E-state index < -0.39 is 0 Å². The summed E-state index contributed by atoms with van der Waals surface area (Å²) in [5.41, 5.74) is 4.59. The van der Waals surface area contributed by atoms with Gasteiger partial charge in [-0.2, -0.15) is 0 Å². The van der Waals surface area contributed by atoms with Gasteiger partial charge in [-0.25, -0.2) is 4.98 Å². The Morgan fingerprint density at radius 2 is 1.82 bits per heavy atom. The van der Waals surface area contributed by atoms with Crippen LogP contribution in [0.4, 0.5) is 5.69 Å². The first-order valence-corrected chi connectivity index (χ1v) is 8.06. The number of ether oxygens (including phenoxy) is 1. The van der Waals surface area contributed by atoms with Crippen LogP contribution in [0.2, 0.25) is 0 Å². The second-order valence-corrected chi connectivity index (χ2v) is 6.04. The van der Waals surface area contributed by atoms with Crippen molar-refractivity contribution in [3.8, 4) is 11.3 Å². The summed E-state index contributed by atoms with van der Waals surface area (Å²) in [5, 5.41) is 2.12. The molecule has 3 heterocycles. The molecule has 114 valence electrons. The van der Waals surface area contributed by atoms with Crippen LogP contribution >= 0.6 is 23.7 Å². The van der Waals surface area contributed by atoms with Gasteiger partial charge in [-0.3, -0.25) is 0 Å². The van der Waals surface area contributed by atoms with E-state index in [1.54, 1.807) is 11.3 Å². The van der Waals surface area contributed by atoms with E-state index >= 15 is 0 Å². The van der Waals surface area contributed by atoms with Crippen LogP contribution in [0.15, 0.2) is 47.8 Å². The van der Waals surface area contributed by atoms with Crippen molar-refractivity contribution in [1.82, 2.24) is 4.98 Å². The van der Waals surface area contributed by atoms with E-state index in [2.05, 4.69) is 46.7 Å². The largest absolute Gasteiger partial charge is 0.378 e. The lowest BCUT2D eigenvalue weighted by Gasteiger charge is -2.29. The fourth-order valence-electron chi connectivity index (χ4n) is 2.74. The third-order valence-electron chi connectivity index (χ3n) is 3.81. The van der Waals surface area contributed by atoms with E-state index in [-0.39, 0.29) is 12.4 Å². The highest BCUT2D eigenvalue weighted by Crippen LogP contribution is 2.34. The number of hydrogen-bond acceptors (Lipinski definition) is 4. The number of morpholine rings is 1. The molecular formula is C17H17ClN2OS. The minimum Gasteiger partial charge on any atom is -0.378 e. The molecular weight excluding hydrogens is 316 g/mol. The summed E-state index contributed by atoms with van der Waals surface area (Å²) in [6.45, 7) is 3.50. The van der Waals surface area contributed by atoms with Crippen molar-refractivity contribution < 1.29 is 4.74 Å². The number of pyridine rings is 1. The third-order valence-corrected chi connectivity index (χ3v) is 4.74. The average molecular weight is 333 g/mol. The van der Waals surface area contributed by atoms with Gasteiger partial charge in [0, 0.05) is 18.7 Å². The lowest BCUT2D eigenvalue weighted by Crippen LogP contribution is -2.36. The van der Waals surface area contributed by atoms with Crippen molar-refractivity contribution in [2.24, 2.45) is 0 Å². The molecule has 1 aromatic carbocycles. The molecule has 0 radical (unpaired) electrons. The van der Waals surface area contributed by atoms with Gasteiger partial charge in [0.1, 0.15) is 0 Å². The van der Waals surface area contributed by atoms with Crippen molar-refractivity contribution in [1.29, 1.82) is 0 Å². The summed E-state index contributed by atoms with van der Waals surface area (Å²) in [6.07, 6.45) is 0. The monoisotopic (exact) mass is 332 g/mol. The van der Waals surface area contributed by atoms with Gasteiger partial charge in [-0.05, 0) is 17.5 Å². The smallest absolute Gasteiger partial charge is 0.0838 e. The SMILES string of the molecule is Cl.c1ccc(-c2cc(N3CCOCC3)c3sccc3n2)cc1. The van der Waals surface area contributed by atoms with Crippen molar-refractivity contribution in [2.75, 3.05) is 31.2 Å². The summed E-state index contributed by atoms with van der Waals surface area (Å²) in [4.78, 5) is 7.23. The maximum Gasteiger partial charge on any atom is 0.0838 e. The maximum atomic E-state index is 5.48. The van der Waals surface area contributed by atoms with Crippen LogP contribution in [-0.2, 0) is 4.74 Å². The number of halogens is 1. The van der Waals surface area contributed by atoms with Gasteiger partial charge in [0.15, 0.2) is 0 Å². The summed E-state index contributed by atoms with van der Waals surface area (Å²) in [5.74, 6) is 0. The van der Waals surface area contributed by atoms with Gasteiger partial charge in [-0.1, -0.05) is 30.3 Å². The molecule has 0 atom stereocenters. The molecule has 1 fully saturated rings. The van der Waals surface area contributed by atoms with Crippen molar-refractivity contribution in [2.45, 2.75) is 0 Å². The quantitative estimate of drug-likeness (QED) is 0.702. The van der Waals surface area contributed by atoms with Crippen molar-refractivity contribution >= 4 is 39.6 Å². The zero-order chi connectivity index (χ0) is 14.1. The van der Waals surface area contributed by atoms with Gasteiger partial charge in [0.05, 0.1) is 34.8 Å². The summed E-state index contributed by atoms with van der Waals surface area (Å²) in [6, 6.07) is 14.7. The van der Waals surface area contributed by atoms with Crippen LogP contribution < -0.4 is 4.90 Å². The predicted molar refractivity (Wildman–Crippen MR) is 95.3 cm³/mol. The summed E-state index contributed by atoms with van der Waals surface area (Å²) < 4.78 is 6.75. The third kappa shape index (κ3) is 2.82. The van der Waals surface area contributed by atoms with Crippen LogP contribution in [0.25, 0.3) is 21.5 Å². The van der Waals surface area contributed by atoms with E-state index in [1.165, 1.54) is 16.0 Å². The number of hydrogen-bond donors (Lipinski definition) is 0. The number of rotatable bonds is 2. The normalized spacial score (nSPS) is 14.8. The minimum absolute atomic E-state index is 0. The van der Waals surface area contributed by atoms with Crippen molar-refractivity contribution in [3.63, 3.8) is 0 Å². The molecule has 3 aromatic rings. The molecule has 0 aliphatic carbocycles. The molecule has 1 saturated heterocycles. The van der Waals surface area contributed by atoms with Crippen LogP contribution in [0.1, 0.15) is 0 Å². The Kier molecular flexibility index (Phi) is 4.62. The molecule has 4 rings (SSSR count). The second kappa shape index (κ2) is 6.65. The summed E-state index contributed by atoms with van der Waals surface area (Å²) >= 11 is 1.77. The van der Waals surface area contributed by atoms with Gasteiger partial charge in [0.25, 0.3) is 0 Å².